The quantitative estimate of drug-likeness (QED) is 0.545. The van der Waals surface area contributed by atoms with Crippen LogP contribution in [0.25, 0.3) is 0 Å². The van der Waals surface area contributed by atoms with Gasteiger partial charge in [0.15, 0.2) is 0 Å². The molecule has 3 rings (SSSR count). The van der Waals surface area contributed by atoms with Gasteiger partial charge in [-0.25, -0.2) is 4.79 Å². The molecule has 0 saturated carbocycles. The van der Waals surface area contributed by atoms with E-state index in [4.69, 9.17) is 19.9 Å². The van der Waals surface area contributed by atoms with Crippen molar-refractivity contribution in [2.75, 3.05) is 6.61 Å². The summed E-state index contributed by atoms with van der Waals surface area (Å²) in [5, 5.41) is 0. The van der Waals surface area contributed by atoms with E-state index in [-0.39, 0.29) is 13.2 Å². The Bertz CT molecular complexity index is 926. The van der Waals surface area contributed by atoms with Gasteiger partial charge in [-0.3, -0.25) is 0 Å². The summed E-state index contributed by atoms with van der Waals surface area (Å²) in [6.45, 7) is 3.01. The van der Waals surface area contributed by atoms with Gasteiger partial charge in [-0.1, -0.05) is 60.7 Å². The number of nitrogens with two attached hydrogens (primary N) is 1. The fraction of sp³-hybridized carbons (Fsp3) is 0.208. The van der Waals surface area contributed by atoms with Crippen LogP contribution in [0, 0.1) is 0 Å². The van der Waals surface area contributed by atoms with Crippen LogP contribution in [0.15, 0.2) is 72.8 Å². The van der Waals surface area contributed by atoms with Gasteiger partial charge >= 0.3 is 5.97 Å². The van der Waals surface area contributed by atoms with E-state index in [0.29, 0.717) is 30.3 Å². The number of rotatable bonds is 9. The van der Waals surface area contributed by atoms with Crippen molar-refractivity contribution in [3.05, 3.63) is 95.1 Å². The van der Waals surface area contributed by atoms with E-state index in [2.05, 4.69) is 0 Å². The van der Waals surface area contributed by atoms with Crippen molar-refractivity contribution in [2.24, 2.45) is 5.73 Å². The van der Waals surface area contributed by atoms with Gasteiger partial charge in [0.25, 0.3) is 0 Å². The molecule has 0 aliphatic heterocycles. The first kappa shape index (κ1) is 20.4. The summed E-state index contributed by atoms with van der Waals surface area (Å²) >= 11 is 0. The molecule has 5 nitrogen and oxygen atoms in total. The summed E-state index contributed by atoms with van der Waals surface area (Å²) in [6.07, 6.45) is 0. The smallest absolute Gasteiger partial charge is 0.342 e. The Kier molecular flexibility index (Phi) is 7.25. The van der Waals surface area contributed by atoms with Crippen molar-refractivity contribution in [3.8, 4) is 11.5 Å². The Balaban J connectivity index is 1.86. The molecule has 0 aliphatic carbocycles. The minimum absolute atomic E-state index is 0.259. The van der Waals surface area contributed by atoms with E-state index >= 15 is 0 Å². The molecule has 0 unspecified atom stereocenters. The first-order valence-corrected chi connectivity index (χ1v) is 9.58. The van der Waals surface area contributed by atoms with E-state index in [1.54, 1.807) is 19.1 Å². The average Bonchev–Trinajstić information content (AvgIpc) is 2.77. The van der Waals surface area contributed by atoms with Gasteiger partial charge in [0.1, 0.15) is 30.3 Å². The van der Waals surface area contributed by atoms with Gasteiger partial charge in [-0.2, -0.15) is 0 Å². The molecule has 0 heterocycles. The van der Waals surface area contributed by atoms with Crippen LogP contribution in [0.2, 0.25) is 0 Å². The average molecular weight is 391 g/mol. The lowest BCUT2D eigenvalue weighted by molar-refractivity contribution is 0.0520. The van der Waals surface area contributed by atoms with Crippen molar-refractivity contribution in [1.29, 1.82) is 0 Å². The lowest BCUT2D eigenvalue weighted by atomic mass is 10.1. The third-order valence-corrected chi connectivity index (χ3v) is 4.35. The van der Waals surface area contributed by atoms with Crippen LogP contribution < -0.4 is 15.2 Å². The highest BCUT2D eigenvalue weighted by atomic mass is 16.5. The van der Waals surface area contributed by atoms with E-state index in [9.17, 15) is 4.79 Å². The Hall–Kier alpha value is -3.31. The standard InChI is InChI=1S/C24H25NO4/c1-2-27-24(26)21-14-22(28-16-18-9-5-3-6-10-18)20(15-25)13-23(21)29-17-19-11-7-4-8-12-19/h3-14H,2,15-17,25H2,1H3. The Morgan fingerprint density at radius 2 is 1.38 bits per heavy atom. The molecular formula is C24H25NO4. The second kappa shape index (κ2) is 10.3. The molecule has 0 atom stereocenters. The molecule has 0 aromatic heterocycles. The zero-order valence-electron chi connectivity index (χ0n) is 16.5. The fourth-order valence-electron chi connectivity index (χ4n) is 2.85. The van der Waals surface area contributed by atoms with Gasteiger partial charge in [-0.05, 0) is 30.2 Å². The zero-order valence-corrected chi connectivity index (χ0v) is 16.5. The van der Waals surface area contributed by atoms with Crippen LogP contribution >= 0.6 is 0 Å². The van der Waals surface area contributed by atoms with Gasteiger partial charge in [0.05, 0.1) is 6.61 Å². The molecule has 0 amide bonds. The van der Waals surface area contributed by atoms with Crippen LogP contribution in [0.3, 0.4) is 0 Å². The van der Waals surface area contributed by atoms with Gasteiger partial charge in [0, 0.05) is 12.1 Å². The SMILES string of the molecule is CCOC(=O)c1cc(OCc2ccccc2)c(CN)cc1OCc1ccccc1. The van der Waals surface area contributed by atoms with Crippen LogP contribution in [0.5, 0.6) is 11.5 Å². The molecular weight excluding hydrogens is 366 g/mol. The van der Waals surface area contributed by atoms with Crippen LogP contribution in [0.1, 0.15) is 34.0 Å². The Labute approximate surface area is 171 Å². The molecule has 0 bridgehead atoms. The van der Waals surface area contributed by atoms with E-state index in [1.165, 1.54) is 0 Å². The lowest BCUT2D eigenvalue weighted by Crippen LogP contribution is -2.11. The third-order valence-electron chi connectivity index (χ3n) is 4.35. The van der Waals surface area contributed by atoms with Crippen LogP contribution in [0.4, 0.5) is 0 Å². The number of carbonyl (C=O) groups is 1. The Morgan fingerprint density at radius 3 is 1.90 bits per heavy atom. The first-order chi connectivity index (χ1) is 14.2. The molecule has 5 heteroatoms. The summed E-state index contributed by atoms with van der Waals surface area (Å²) in [5.41, 5.74) is 9.04. The summed E-state index contributed by atoms with van der Waals surface area (Å²) in [4.78, 5) is 12.5. The van der Waals surface area contributed by atoms with E-state index < -0.39 is 5.97 Å². The molecule has 0 aliphatic rings. The summed E-state index contributed by atoms with van der Waals surface area (Å²) in [5.74, 6) is 0.523. The third kappa shape index (κ3) is 5.59. The normalized spacial score (nSPS) is 10.4. The Morgan fingerprint density at radius 1 is 0.828 bits per heavy atom. The maximum atomic E-state index is 12.5. The van der Waals surface area contributed by atoms with E-state index in [1.807, 2.05) is 60.7 Å². The van der Waals surface area contributed by atoms with Crippen molar-refractivity contribution in [2.45, 2.75) is 26.7 Å². The maximum Gasteiger partial charge on any atom is 0.342 e. The summed E-state index contributed by atoms with van der Waals surface area (Å²) < 4.78 is 17.1. The van der Waals surface area contributed by atoms with Crippen molar-refractivity contribution >= 4 is 5.97 Å². The number of esters is 1. The number of carbonyl (C=O) groups excluding carboxylic acids is 1. The number of hydrogen-bond acceptors (Lipinski definition) is 5. The highest BCUT2D eigenvalue weighted by Crippen LogP contribution is 2.31. The highest BCUT2D eigenvalue weighted by Gasteiger charge is 2.19. The van der Waals surface area contributed by atoms with Crippen molar-refractivity contribution < 1.29 is 19.0 Å². The predicted molar refractivity (Wildman–Crippen MR) is 112 cm³/mol. The van der Waals surface area contributed by atoms with Crippen LogP contribution in [-0.2, 0) is 24.5 Å². The first-order valence-electron chi connectivity index (χ1n) is 9.58. The molecule has 3 aromatic rings. The monoisotopic (exact) mass is 391 g/mol. The molecule has 0 spiro atoms. The lowest BCUT2D eigenvalue weighted by Gasteiger charge is -2.16. The second-order valence-electron chi connectivity index (χ2n) is 6.43. The van der Waals surface area contributed by atoms with Crippen molar-refractivity contribution in [3.63, 3.8) is 0 Å². The molecule has 29 heavy (non-hydrogen) atoms. The van der Waals surface area contributed by atoms with Gasteiger partial charge < -0.3 is 19.9 Å². The maximum absolute atomic E-state index is 12.5. The van der Waals surface area contributed by atoms with E-state index in [0.717, 1.165) is 16.7 Å². The van der Waals surface area contributed by atoms with Crippen molar-refractivity contribution in [1.82, 2.24) is 0 Å². The largest absolute Gasteiger partial charge is 0.489 e. The summed E-state index contributed by atoms with van der Waals surface area (Å²) in [7, 11) is 0. The predicted octanol–water partition coefficient (Wildman–Crippen LogP) is 4.48. The molecule has 0 fully saturated rings. The molecule has 0 radical (unpaired) electrons. The zero-order chi connectivity index (χ0) is 20.5. The minimum atomic E-state index is -0.455. The molecule has 0 saturated heterocycles. The molecule has 3 aromatic carbocycles. The second-order valence-corrected chi connectivity index (χ2v) is 6.43. The van der Waals surface area contributed by atoms with Gasteiger partial charge in [0.2, 0.25) is 0 Å². The number of ether oxygens (including phenoxy) is 3. The fourth-order valence-corrected chi connectivity index (χ4v) is 2.85. The minimum Gasteiger partial charge on any atom is -0.489 e. The van der Waals surface area contributed by atoms with Gasteiger partial charge in [-0.15, -0.1) is 0 Å². The highest BCUT2D eigenvalue weighted by molar-refractivity contribution is 5.93. The number of benzene rings is 3. The van der Waals surface area contributed by atoms with Crippen LogP contribution in [-0.4, -0.2) is 12.6 Å². The number of hydrogen-bond donors (Lipinski definition) is 1. The molecule has 150 valence electrons. The molecule has 2 N–H and O–H groups in total. The topological polar surface area (TPSA) is 70.8 Å². The summed E-state index contributed by atoms with van der Waals surface area (Å²) in [6, 6.07) is 23.0.